The minimum atomic E-state index is -1.27. The number of hydrogen-bond donors (Lipinski definition) is 4. The molecule has 1 aliphatic heterocycles. The smallest absolute Gasteiger partial charge is 0.336 e. The van der Waals surface area contributed by atoms with Gasteiger partial charge in [-0.2, -0.15) is 5.10 Å². The highest BCUT2D eigenvalue weighted by atomic mass is 16.4. The van der Waals surface area contributed by atoms with Gasteiger partial charge in [-0.05, 0) is 54.1 Å². The molecule has 3 aromatic rings. The predicted octanol–water partition coefficient (Wildman–Crippen LogP) is 4.44. The maximum Gasteiger partial charge on any atom is 0.336 e. The van der Waals surface area contributed by atoms with Gasteiger partial charge in [0.05, 0.1) is 11.8 Å². The van der Waals surface area contributed by atoms with Crippen molar-refractivity contribution in [3.05, 3.63) is 106 Å². The maximum atomic E-state index is 12.7. The lowest BCUT2D eigenvalue weighted by Crippen LogP contribution is -2.18. The number of aromatic hydroxyl groups is 2. The molecule has 0 aromatic heterocycles. The molecule has 9 heteroatoms. The molecule has 182 valence electrons. The van der Waals surface area contributed by atoms with E-state index in [0.717, 1.165) is 0 Å². The molecule has 1 heterocycles. The van der Waals surface area contributed by atoms with Gasteiger partial charge in [-0.1, -0.05) is 18.2 Å². The fourth-order valence-corrected chi connectivity index (χ4v) is 4.05. The van der Waals surface area contributed by atoms with Crippen molar-refractivity contribution in [3.8, 4) is 33.9 Å². The van der Waals surface area contributed by atoms with E-state index in [0.29, 0.717) is 22.1 Å². The monoisotopic (exact) mass is 494 g/mol. The number of hydrazone groups is 1. The van der Waals surface area contributed by atoms with E-state index in [1.54, 1.807) is 30.3 Å². The van der Waals surface area contributed by atoms with Crippen LogP contribution >= 0.6 is 0 Å². The number of phenolic OH excluding ortho intramolecular Hbond substituents is 2. The van der Waals surface area contributed by atoms with Gasteiger partial charge < -0.3 is 19.7 Å². The summed E-state index contributed by atoms with van der Waals surface area (Å²) in [6, 6.07) is 19.2. The van der Waals surface area contributed by atoms with Gasteiger partial charge in [0.2, 0.25) is 0 Å². The molecule has 1 aliphatic carbocycles. The Bertz CT molecular complexity index is 1750. The Morgan fingerprint density at radius 2 is 1.68 bits per heavy atom. The standard InChI is InChI=1S/C28H18N2O7/c31-17-6-9-20-24(12-17)37-25-13-18(32)7-10-21(25)26(20)19-8-5-15(11-22(19)28(35)36)27(34)30-29-14-16-3-1-2-4-23(16)33/h1-14,31,33H,(H,30,34)(H,35,36). The van der Waals surface area contributed by atoms with Crippen molar-refractivity contribution < 1.29 is 29.3 Å². The summed E-state index contributed by atoms with van der Waals surface area (Å²) in [5.41, 5.74) is 3.81. The van der Waals surface area contributed by atoms with Gasteiger partial charge in [-0.15, -0.1) is 0 Å². The Morgan fingerprint density at radius 3 is 2.46 bits per heavy atom. The van der Waals surface area contributed by atoms with Crippen molar-refractivity contribution in [2.75, 3.05) is 0 Å². The molecule has 0 radical (unpaired) electrons. The third-order valence-corrected chi connectivity index (χ3v) is 5.76. The highest BCUT2D eigenvalue weighted by molar-refractivity contribution is 6.09. The number of rotatable bonds is 5. The molecule has 0 atom stereocenters. The van der Waals surface area contributed by atoms with Crippen molar-refractivity contribution in [3.63, 3.8) is 0 Å². The van der Waals surface area contributed by atoms with E-state index in [-0.39, 0.29) is 45.0 Å². The Labute approximate surface area is 208 Å². The summed E-state index contributed by atoms with van der Waals surface area (Å²) >= 11 is 0. The number of amides is 1. The molecule has 0 spiro atoms. The minimum absolute atomic E-state index is 0.00974. The van der Waals surface area contributed by atoms with Crippen molar-refractivity contribution in [2.45, 2.75) is 0 Å². The zero-order chi connectivity index (χ0) is 26.1. The molecule has 4 N–H and O–H groups in total. The molecular formula is C28H18N2O7. The van der Waals surface area contributed by atoms with Gasteiger partial charge in [0.1, 0.15) is 22.8 Å². The Kier molecular flexibility index (Phi) is 5.86. The van der Waals surface area contributed by atoms with E-state index in [1.165, 1.54) is 54.7 Å². The SMILES string of the molecule is O=C(NN=Cc1ccccc1O)c1ccc(-c2c3ccc(=O)cc-3oc3cc(O)ccc23)c(C(=O)O)c1. The first-order valence-corrected chi connectivity index (χ1v) is 11.0. The normalized spacial score (nSPS) is 11.2. The average Bonchev–Trinajstić information content (AvgIpc) is 2.87. The van der Waals surface area contributed by atoms with Crippen LogP contribution in [0.1, 0.15) is 26.3 Å². The van der Waals surface area contributed by atoms with Gasteiger partial charge in [0.15, 0.2) is 5.43 Å². The average molecular weight is 494 g/mol. The Morgan fingerprint density at radius 1 is 0.892 bits per heavy atom. The number of nitrogens with one attached hydrogen (secondary N) is 1. The lowest BCUT2D eigenvalue weighted by molar-refractivity contribution is 0.0697. The third kappa shape index (κ3) is 4.48. The lowest BCUT2D eigenvalue weighted by Gasteiger charge is -2.17. The summed E-state index contributed by atoms with van der Waals surface area (Å²) in [6.45, 7) is 0. The summed E-state index contributed by atoms with van der Waals surface area (Å²) in [5.74, 6) is -1.78. The van der Waals surface area contributed by atoms with Crippen LogP contribution in [0.3, 0.4) is 0 Å². The number of carbonyl (C=O) groups excluding carboxylic acids is 1. The Hall–Kier alpha value is -5.44. The minimum Gasteiger partial charge on any atom is -0.508 e. The second kappa shape index (κ2) is 9.31. The van der Waals surface area contributed by atoms with E-state index in [2.05, 4.69) is 10.5 Å². The van der Waals surface area contributed by atoms with Crippen LogP contribution in [-0.2, 0) is 0 Å². The molecule has 0 fully saturated rings. The van der Waals surface area contributed by atoms with Crippen LogP contribution in [0.4, 0.5) is 0 Å². The zero-order valence-electron chi connectivity index (χ0n) is 19.0. The van der Waals surface area contributed by atoms with Gasteiger partial charge in [-0.3, -0.25) is 9.59 Å². The van der Waals surface area contributed by atoms with Crippen LogP contribution in [0.25, 0.3) is 33.4 Å². The summed E-state index contributed by atoms with van der Waals surface area (Å²) in [4.78, 5) is 36.9. The van der Waals surface area contributed by atoms with Gasteiger partial charge in [0, 0.05) is 39.8 Å². The number of benzene rings is 4. The number of aromatic carboxylic acids is 1. The predicted molar refractivity (Wildman–Crippen MR) is 136 cm³/mol. The van der Waals surface area contributed by atoms with E-state index >= 15 is 0 Å². The fourth-order valence-electron chi connectivity index (χ4n) is 4.05. The summed E-state index contributed by atoms with van der Waals surface area (Å²) < 4.78 is 5.82. The van der Waals surface area contributed by atoms with Crippen LogP contribution in [0, 0.1) is 0 Å². The topological polar surface area (TPSA) is 149 Å². The maximum absolute atomic E-state index is 12.7. The molecule has 0 bridgehead atoms. The van der Waals surface area contributed by atoms with Crippen molar-refractivity contribution in [2.24, 2.45) is 5.10 Å². The summed E-state index contributed by atoms with van der Waals surface area (Å²) in [7, 11) is 0. The number of hydrogen-bond acceptors (Lipinski definition) is 7. The number of carboxylic acid groups (broad SMARTS) is 1. The first kappa shape index (κ1) is 23.3. The number of carbonyl (C=O) groups is 2. The third-order valence-electron chi connectivity index (χ3n) is 5.76. The van der Waals surface area contributed by atoms with Crippen molar-refractivity contribution >= 4 is 29.1 Å². The molecule has 9 nitrogen and oxygen atoms in total. The molecule has 0 saturated carbocycles. The van der Waals surface area contributed by atoms with Crippen LogP contribution in [-0.4, -0.2) is 33.4 Å². The molecule has 0 saturated heterocycles. The van der Waals surface area contributed by atoms with Gasteiger partial charge >= 0.3 is 5.97 Å². The molecule has 37 heavy (non-hydrogen) atoms. The molecule has 3 aromatic carbocycles. The number of carboxylic acids is 1. The first-order valence-electron chi connectivity index (χ1n) is 11.0. The Balaban J connectivity index is 1.60. The fraction of sp³-hybridized carbons (Fsp3) is 0. The molecular weight excluding hydrogens is 476 g/mol. The van der Waals surface area contributed by atoms with E-state index in [9.17, 15) is 29.7 Å². The molecule has 0 unspecified atom stereocenters. The van der Waals surface area contributed by atoms with Crippen LogP contribution in [0.15, 0.2) is 93.2 Å². The van der Waals surface area contributed by atoms with Crippen molar-refractivity contribution in [1.29, 1.82) is 0 Å². The quantitative estimate of drug-likeness (QED) is 0.160. The van der Waals surface area contributed by atoms with E-state index in [1.807, 2.05) is 0 Å². The second-order valence-electron chi connectivity index (χ2n) is 8.14. The van der Waals surface area contributed by atoms with E-state index in [4.69, 9.17) is 4.42 Å². The summed E-state index contributed by atoms with van der Waals surface area (Å²) in [6.07, 6.45) is 1.27. The van der Waals surface area contributed by atoms with Crippen LogP contribution in [0.2, 0.25) is 0 Å². The molecule has 2 aliphatic rings. The zero-order valence-corrected chi connectivity index (χ0v) is 19.0. The highest BCUT2D eigenvalue weighted by Gasteiger charge is 2.23. The van der Waals surface area contributed by atoms with Gasteiger partial charge in [-0.25, -0.2) is 10.2 Å². The van der Waals surface area contributed by atoms with Gasteiger partial charge in [0.25, 0.3) is 5.91 Å². The number of phenols is 2. The summed E-state index contributed by atoms with van der Waals surface area (Å²) in [5, 5.41) is 34.1. The van der Waals surface area contributed by atoms with Crippen LogP contribution in [0.5, 0.6) is 11.5 Å². The molecule has 5 rings (SSSR count). The first-order chi connectivity index (χ1) is 17.8. The van der Waals surface area contributed by atoms with E-state index < -0.39 is 11.9 Å². The van der Waals surface area contributed by atoms with Crippen LogP contribution < -0.4 is 10.9 Å². The lowest BCUT2D eigenvalue weighted by atomic mass is 9.90. The van der Waals surface area contributed by atoms with Crippen molar-refractivity contribution in [1.82, 2.24) is 5.43 Å². The highest BCUT2D eigenvalue weighted by Crippen LogP contribution is 2.42. The number of nitrogens with zero attached hydrogens (tertiary/aromatic N) is 1. The number of para-hydroxylation sites is 1. The number of fused-ring (bicyclic) bond motifs is 2. The second-order valence-corrected chi connectivity index (χ2v) is 8.14. The largest absolute Gasteiger partial charge is 0.508 e. The molecule has 1 amide bonds.